The Morgan fingerprint density at radius 1 is 0.857 bits per heavy atom. The van der Waals surface area contributed by atoms with E-state index in [2.05, 4.69) is 15.1 Å². The summed E-state index contributed by atoms with van der Waals surface area (Å²) in [4.78, 5) is 19.4. The summed E-state index contributed by atoms with van der Waals surface area (Å²) in [6.07, 6.45) is 7.21. The average molecular weight is 367 g/mol. The van der Waals surface area contributed by atoms with Crippen molar-refractivity contribution in [3.63, 3.8) is 0 Å². The van der Waals surface area contributed by atoms with Crippen LogP contribution in [0.1, 0.15) is 0 Å². The first kappa shape index (κ1) is 16.1. The second-order valence-electron chi connectivity index (χ2n) is 6.35. The molecule has 2 aromatic carbocycles. The molecule has 0 atom stereocenters. The molecule has 0 spiro atoms. The first-order valence-electron chi connectivity index (χ1n) is 8.63. The van der Waals surface area contributed by atoms with Gasteiger partial charge in [-0.1, -0.05) is 18.2 Å². The number of fused-ring (bicyclic) bond motifs is 2. The molecule has 28 heavy (non-hydrogen) atoms. The van der Waals surface area contributed by atoms with Gasteiger partial charge in [-0.15, -0.1) is 0 Å². The summed E-state index contributed by atoms with van der Waals surface area (Å²) in [5.74, 6) is 0. The lowest BCUT2D eigenvalue weighted by Gasteiger charge is -2.05. The summed E-state index contributed by atoms with van der Waals surface area (Å²) in [5, 5.41) is 16.3. The lowest BCUT2D eigenvalue weighted by atomic mass is 10.0. The van der Waals surface area contributed by atoms with E-state index in [9.17, 15) is 10.1 Å². The fraction of sp³-hybridized carbons (Fsp3) is 0. The molecule has 7 heteroatoms. The molecular weight excluding hydrogens is 354 g/mol. The van der Waals surface area contributed by atoms with Crippen LogP contribution in [0.2, 0.25) is 0 Å². The maximum Gasteiger partial charge on any atom is 0.269 e. The second kappa shape index (κ2) is 6.24. The number of pyridine rings is 1. The number of aromatic nitrogens is 4. The minimum atomic E-state index is -0.413. The molecule has 0 N–H and O–H groups in total. The SMILES string of the molecule is O=[N+]([O-])c1ccc(-c2cnc3c(-c4ccnc5ccccc45)cnn3c2)cc1. The summed E-state index contributed by atoms with van der Waals surface area (Å²) in [7, 11) is 0. The second-order valence-corrected chi connectivity index (χ2v) is 6.35. The van der Waals surface area contributed by atoms with Crippen molar-refractivity contribution < 1.29 is 4.92 Å². The zero-order valence-electron chi connectivity index (χ0n) is 14.6. The van der Waals surface area contributed by atoms with E-state index >= 15 is 0 Å². The number of nitrogens with zero attached hydrogens (tertiary/aromatic N) is 5. The van der Waals surface area contributed by atoms with Crippen molar-refractivity contribution in [3.05, 3.63) is 89.5 Å². The van der Waals surface area contributed by atoms with Crippen molar-refractivity contribution in [2.45, 2.75) is 0 Å². The molecule has 3 heterocycles. The average Bonchev–Trinajstić information content (AvgIpc) is 3.16. The monoisotopic (exact) mass is 367 g/mol. The van der Waals surface area contributed by atoms with Crippen LogP contribution in [0.15, 0.2) is 79.4 Å². The molecule has 0 fully saturated rings. The molecule has 0 radical (unpaired) electrons. The highest BCUT2D eigenvalue weighted by Crippen LogP contribution is 2.30. The number of para-hydroxylation sites is 1. The Bertz CT molecular complexity index is 1340. The fourth-order valence-corrected chi connectivity index (χ4v) is 3.32. The van der Waals surface area contributed by atoms with E-state index in [1.807, 2.05) is 36.5 Å². The van der Waals surface area contributed by atoms with Crippen LogP contribution < -0.4 is 0 Å². The normalized spacial score (nSPS) is 11.1. The number of rotatable bonds is 3. The predicted octanol–water partition coefficient (Wildman–Crippen LogP) is 4.52. The first-order chi connectivity index (χ1) is 13.7. The summed E-state index contributed by atoms with van der Waals surface area (Å²) in [6, 6.07) is 16.3. The van der Waals surface area contributed by atoms with Crippen LogP contribution in [0.25, 0.3) is 38.8 Å². The molecule has 0 aliphatic carbocycles. The fourth-order valence-electron chi connectivity index (χ4n) is 3.32. The minimum Gasteiger partial charge on any atom is -0.258 e. The van der Waals surface area contributed by atoms with Crippen molar-refractivity contribution in [1.82, 2.24) is 19.6 Å². The number of non-ortho nitro benzene ring substituents is 1. The Balaban J connectivity index is 1.61. The molecular formula is C21H13N5O2. The van der Waals surface area contributed by atoms with E-state index in [0.717, 1.165) is 38.8 Å². The van der Waals surface area contributed by atoms with Gasteiger partial charge in [-0.25, -0.2) is 9.50 Å². The topological polar surface area (TPSA) is 86.2 Å². The molecule has 0 aliphatic heterocycles. The van der Waals surface area contributed by atoms with E-state index in [1.165, 1.54) is 12.1 Å². The van der Waals surface area contributed by atoms with Gasteiger partial charge in [0.15, 0.2) is 5.65 Å². The van der Waals surface area contributed by atoms with Gasteiger partial charge in [0.25, 0.3) is 5.69 Å². The maximum atomic E-state index is 10.8. The largest absolute Gasteiger partial charge is 0.269 e. The number of nitro benzene ring substituents is 1. The Hall–Kier alpha value is -4.13. The minimum absolute atomic E-state index is 0.0590. The van der Waals surface area contributed by atoms with Crippen molar-refractivity contribution in [1.29, 1.82) is 0 Å². The van der Waals surface area contributed by atoms with Crippen LogP contribution in [-0.2, 0) is 0 Å². The van der Waals surface area contributed by atoms with Crippen molar-refractivity contribution >= 4 is 22.2 Å². The molecule has 134 valence electrons. The molecule has 3 aromatic heterocycles. The van der Waals surface area contributed by atoms with Gasteiger partial charge in [-0.2, -0.15) is 5.10 Å². The van der Waals surface area contributed by atoms with Crippen molar-refractivity contribution in [2.24, 2.45) is 0 Å². The number of benzene rings is 2. The molecule has 0 saturated heterocycles. The summed E-state index contributed by atoms with van der Waals surface area (Å²) in [5.41, 5.74) is 5.33. The van der Waals surface area contributed by atoms with E-state index in [4.69, 9.17) is 0 Å². The van der Waals surface area contributed by atoms with Gasteiger partial charge in [0.2, 0.25) is 0 Å². The number of nitro groups is 1. The molecule has 0 amide bonds. The number of hydrogen-bond acceptors (Lipinski definition) is 5. The van der Waals surface area contributed by atoms with Gasteiger partial charge in [0, 0.05) is 47.2 Å². The van der Waals surface area contributed by atoms with Crippen LogP contribution in [-0.4, -0.2) is 24.5 Å². The van der Waals surface area contributed by atoms with Crippen molar-refractivity contribution in [2.75, 3.05) is 0 Å². The Morgan fingerprint density at radius 3 is 2.50 bits per heavy atom. The van der Waals surface area contributed by atoms with E-state index in [1.54, 1.807) is 35.2 Å². The zero-order valence-corrected chi connectivity index (χ0v) is 14.6. The highest BCUT2D eigenvalue weighted by Gasteiger charge is 2.13. The molecule has 5 rings (SSSR count). The quantitative estimate of drug-likeness (QED) is 0.346. The van der Waals surface area contributed by atoms with Gasteiger partial charge in [-0.05, 0) is 35.4 Å². The zero-order chi connectivity index (χ0) is 19.1. The molecule has 0 unspecified atom stereocenters. The third-order valence-electron chi connectivity index (χ3n) is 4.71. The highest BCUT2D eigenvalue weighted by atomic mass is 16.6. The molecule has 0 bridgehead atoms. The third-order valence-corrected chi connectivity index (χ3v) is 4.71. The highest BCUT2D eigenvalue weighted by molar-refractivity contribution is 5.97. The van der Waals surface area contributed by atoms with Gasteiger partial charge >= 0.3 is 0 Å². The van der Waals surface area contributed by atoms with Crippen LogP contribution in [0.5, 0.6) is 0 Å². The molecule has 7 nitrogen and oxygen atoms in total. The summed E-state index contributed by atoms with van der Waals surface area (Å²) in [6.45, 7) is 0. The lowest BCUT2D eigenvalue weighted by molar-refractivity contribution is -0.384. The van der Waals surface area contributed by atoms with Crippen LogP contribution in [0.3, 0.4) is 0 Å². The van der Waals surface area contributed by atoms with E-state index in [0.29, 0.717) is 0 Å². The molecule has 0 aliphatic rings. The maximum absolute atomic E-state index is 10.8. The first-order valence-corrected chi connectivity index (χ1v) is 8.63. The standard InChI is InChI=1S/C21H13N5O2/c27-26(28)16-7-5-14(6-8-16)15-11-23-21-19(12-24-25(21)13-15)17-9-10-22-20-4-2-1-3-18(17)20/h1-13H. The van der Waals surface area contributed by atoms with Crippen molar-refractivity contribution in [3.8, 4) is 22.3 Å². The van der Waals surface area contributed by atoms with Crippen LogP contribution in [0, 0.1) is 10.1 Å². The molecule has 0 saturated carbocycles. The van der Waals surface area contributed by atoms with Gasteiger partial charge in [-0.3, -0.25) is 15.1 Å². The lowest BCUT2D eigenvalue weighted by Crippen LogP contribution is -1.93. The Labute approximate surface area is 159 Å². The summed E-state index contributed by atoms with van der Waals surface area (Å²) >= 11 is 0. The van der Waals surface area contributed by atoms with E-state index < -0.39 is 4.92 Å². The number of hydrogen-bond donors (Lipinski definition) is 0. The van der Waals surface area contributed by atoms with Gasteiger partial charge in [0.1, 0.15) is 0 Å². The summed E-state index contributed by atoms with van der Waals surface area (Å²) < 4.78 is 1.72. The Morgan fingerprint density at radius 2 is 1.68 bits per heavy atom. The predicted molar refractivity (Wildman–Crippen MR) is 106 cm³/mol. The van der Waals surface area contributed by atoms with Gasteiger partial charge < -0.3 is 0 Å². The van der Waals surface area contributed by atoms with Gasteiger partial charge in [0.05, 0.1) is 16.6 Å². The molecule has 5 aromatic rings. The van der Waals surface area contributed by atoms with Crippen LogP contribution in [0.4, 0.5) is 5.69 Å². The van der Waals surface area contributed by atoms with E-state index in [-0.39, 0.29) is 5.69 Å². The van der Waals surface area contributed by atoms with Crippen LogP contribution >= 0.6 is 0 Å². The third kappa shape index (κ3) is 2.57. The Kier molecular flexibility index (Phi) is 3.58. The smallest absolute Gasteiger partial charge is 0.258 e.